The van der Waals surface area contributed by atoms with Crippen LogP contribution in [-0.2, 0) is 9.53 Å². The molecule has 0 spiro atoms. The number of carbonyl (C=O) groups excluding carboxylic acids is 2. The van der Waals surface area contributed by atoms with Gasteiger partial charge in [-0.1, -0.05) is 13.0 Å². The molecule has 0 heterocycles. The molecular formula is C16H23NO3. The second-order valence-corrected chi connectivity index (χ2v) is 4.92. The zero-order valence-corrected chi connectivity index (χ0v) is 12.7. The second-order valence-electron chi connectivity index (χ2n) is 4.92. The number of hydrogen-bond acceptors (Lipinski definition) is 3. The van der Waals surface area contributed by atoms with Crippen molar-refractivity contribution < 1.29 is 14.3 Å². The first-order chi connectivity index (χ1) is 9.49. The van der Waals surface area contributed by atoms with Crippen molar-refractivity contribution in [1.29, 1.82) is 0 Å². The van der Waals surface area contributed by atoms with Gasteiger partial charge in [-0.15, -0.1) is 0 Å². The fourth-order valence-corrected chi connectivity index (χ4v) is 1.97. The summed E-state index contributed by atoms with van der Waals surface area (Å²) in [7, 11) is 1.36. The Morgan fingerprint density at radius 2 is 1.85 bits per heavy atom. The molecule has 0 N–H and O–H groups in total. The first-order valence-electron chi connectivity index (χ1n) is 6.93. The number of esters is 1. The highest BCUT2D eigenvalue weighted by molar-refractivity contribution is 5.94. The van der Waals surface area contributed by atoms with E-state index in [-0.39, 0.29) is 18.3 Å². The van der Waals surface area contributed by atoms with E-state index in [1.54, 1.807) is 4.90 Å². The number of amides is 1. The monoisotopic (exact) mass is 277 g/mol. The van der Waals surface area contributed by atoms with Gasteiger partial charge in [0.1, 0.15) is 0 Å². The molecule has 0 radical (unpaired) electrons. The van der Waals surface area contributed by atoms with Crippen molar-refractivity contribution in [3.05, 3.63) is 34.9 Å². The van der Waals surface area contributed by atoms with Crippen LogP contribution in [0.5, 0.6) is 0 Å². The minimum Gasteiger partial charge on any atom is -0.469 e. The highest BCUT2D eigenvalue weighted by Crippen LogP contribution is 2.13. The number of aryl methyl sites for hydroxylation is 2. The van der Waals surface area contributed by atoms with Crippen LogP contribution in [0.1, 0.15) is 41.3 Å². The normalized spacial score (nSPS) is 10.2. The van der Waals surface area contributed by atoms with Gasteiger partial charge >= 0.3 is 5.97 Å². The fourth-order valence-electron chi connectivity index (χ4n) is 1.97. The lowest BCUT2D eigenvalue weighted by Crippen LogP contribution is -2.34. The Labute approximate surface area is 120 Å². The minimum atomic E-state index is -0.293. The lowest BCUT2D eigenvalue weighted by atomic mass is 10.1. The molecule has 0 aliphatic carbocycles. The standard InChI is InChI=1S/C16H23NO3/c1-5-9-17(10-8-15(18)20-4)16(19)14-7-6-12(2)13(3)11-14/h6-7,11H,5,8-10H2,1-4H3. The smallest absolute Gasteiger partial charge is 0.307 e. The maximum absolute atomic E-state index is 12.5. The number of hydrogen-bond donors (Lipinski definition) is 0. The molecule has 1 aromatic rings. The Kier molecular flexibility index (Phi) is 6.22. The van der Waals surface area contributed by atoms with Crippen molar-refractivity contribution in [2.45, 2.75) is 33.6 Å². The van der Waals surface area contributed by atoms with E-state index < -0.39 is 0 Å². The van der Waals surface area contributed by atoms with Gasteiger partial charge in [-0.3, -0.25) is 9.59 Å². The first-order valence-corrected chi connectivity index (χ1v) is 6.93. The van der Waals surface area contributed by atoms with Crippen LogP contribution in [0.4, 0.5) is 0 Å². The van der Waals surface area contributed by atoms with E-state index in [1.807, 2.05) is 39.0 Å². The third kappa shape index (κ3) is 4.37. The number of rotatable bonds is 6. The molecule has 4 nitrogen and oxygen atoms in total. The number of carbonyl (C=O) groups is 2. The molecule has 110 valence electrons. The van der Waals surface area contributed by atoms with E-state index in [0.717, 1.165) is 17.5 Å². The molecule has 1 amide bonds. The molecule has 0 aliphatic rings. The second kappa shape index (κ2) is 7.68. The van der Waals surface area contributed by atoms with Gasteiger partial charge in [-0.25, -0.2) is 0 Å². The van der Waals surface area contributed by atoms with Crippen LogP contribution in [0.15, 0.2) is 18.2 Å². The highest BCUT2D eigenvalue weighted by atomic mass is 16.5. The lowest BCUT2D eigenvalue weighted by molar-refractivity contribution is -0.140. The van der Waals surface area contributed by atoms with Gasteiger partial charge in [0.25, 0.3) is 5.91 Å². The van der Waals surface area contributed by atoms with Crippen molar-refractivity contribution in [1.82, 2.24) is 4.90 Å². The van der Waals surface area contributed by atoms with E-state index in [0.29, 0.717) is 18.7 Å². The fraction of sp³-hybridized carbons (Fsp3) is 0.500. The van der Waals surface area contributed by atoms with Crippen molar-refractivity contribution in [3.8, 4) is 0 Å². The van der Waals surface area contributed by atoms with Gasteiger partial charge in [0, 0.05) is 18.7 Å². The van der Waals surface area contributed by atoms with Crippen LogP contribution < -0.4 is 0 Å². The number of nitrogens with zero attached hydrogens (tertiary/aromatic N) is 1. The molecule has 4 heteroatoms. The first kappa shape index (κ1) is 16.2. The molecule has 0 bridgehead atoms. The van der Waals surface area contributed by atoms with Crippen LogP contribution >= 0.6 is 0 Å². The molecule has 0 fully saturated rings. The summed E-state index contributed by atoms with van der Waals surface area (Å²) in [6.45, 7) is 7.06. The number of methoxy groups -OCH3 is 1. The van der Waals surface area contributed by atoms with Gasteiger partial charge in [0.2, 0.25) is 0 Å². The van der Waals surface area contributed by atoms with Crippen LogP contribution in [-0.4, -0.2) is 37.0 Å². The summed E-state index contributed by atoms with van der Waals surface area (Å²) in [6, 6.07) is 5.69. The maximum atomic E-state index is 12.5. The van der Waals surface area contributed by atoms with Crippen LogP contribution in [0, 0.1) is 13.8 Å². The maximum Gasteiger partial charge on any atom is 0.307 e. The molecule has 0 saturated carbocycles. The minimum absolute atomic E-state index is 0.0288. The third-order valence-corrected chi connectivity index (χ3v) is 3.35. The van der Waals surface area contributed by atoms with E-state index in [1.165, 1.54) is 7.11 Å². The summed E-state index contributed by atoms with van der Waals surface area (Å²) >= 11 is 0. The van der Waals surface area contributed by atoms with Crippen LogP contribution in [0.3, 0.4) is 0 Å². The summed E-state index contributed by atoms with van der Waals surface area (Å²) in [6.07, 6.45) is 1.09. The quantitative estimate of drug-likeness (QED) is 0.751. The van der Waals surface area contributed by atoms with Crippen LogP contribution in [0.2, 0.25) is 0 Å². The average Bonchev–Trinajstić information content (AvgIpc) is 2.45. The molecule has 0 aromatic heterocycles. The van der Waals surface area contributed by atoms with E-state index >= 15 is 0 Å². The Bertz CT molecular complexity index is 483. The molecular weight excluding hydrogens is 254 g/mol. The topological polar surface area (TPSA) is 46.6 Å². The predicted octanol–water partition coefficient (Wildman–Crippen LogP) is 2.72. The van der Waals surface area contributed by atoms with Gasteiger partial charge in [-0.05, 0) is 43.5 Å². The largest absolute Gasteiger partial charge is 0.469 e. The van der Waals surface area contributed by atoms with Crippen molar-refractivity contribution in [3.63, 3.8) is 0 Å². The SMILES string of the molecule is CCCN(CCC(=O)OC)C(=O)c1ccc(C)c(C)c1. The lowest BCUT2D eigenvalue weighted by Gasteiger charge is -2.22. The van der Waals surface area contributed by atoms with Crippen LogP contribution in [0.25, 0.3) is 0 Å². The van der Waals surface area contributed by atoms with Crippen molar-refractivity contribution in [2.24, 2.45) is 0 Å². The van der Waals surface area contributed by atoms with E-state index in [9.17, 15) is 9.59 Å². The Hall–Kier alpha value is -1.84. The van der Waals surface area contributed by atoms with E-state index in [2.05, 4.69) is 4.74 Å². The summed E-state index contributed by atoms with van der Waals surface area (Å²) in [5.41, 5.74) is 2.94. The van der Waals surface area contributed by atoms with E-state index in [4.69, 9.17) is 0 Å². The Balaban J connectivity index is 2.81. The molecule has 0 saturated heterocycles. The van der Waals surface area contributed by atoms with Gasteiger partial charge < -0.3 is 9.64 Å². The molecule has 0 atom stereocenters. The molecule has 1 aromatic carbocycles. The summed E-state index contributed by atoms with van der Waals surface area (Å²) in [5, 5.41) is 0. The highest BCUT2D eigenvalue weighted by Gasteiger charge is 2.16. The third-order valence-electron chi connectivity index (χ3n) is 3.35. The Morgan fingerprint density at radius 3 is 2.40 bits per heavy atom. The summed E-state index contributed by atoms with van der Waals surface area (Å²) in [4.78, 5) is 25.4. The van der Waals surface area contributed by atoms with Gasteiger partial charge in [-0.2, -0.15) is 0 Å². The number of ether oxygens (including phenoxy) is 1. The molecule has 0 aliphatic heterocycles. The summed E-state index contributed by atoms with van der Waals surface area (Å²) < 4.78 is 4.62. The molecule has 0 unspecified atom stereocenters. The van der Waals surface area contributed by atoms with Gasteiger partial charge in [0.05, 0.1) is 13.5 Å². The van der Waals surface area contributed by atoms with Gasteiger partial charge in [0.15, 0.2) is 0 Å². The number of benzene rings is 1. The molecule has 20 heavy (non-hydrogen) atoms. The zero-order valence-electron chi connectivity index (χ0n) is 12.7. The molecule has 1 rings (SSSR count). The average molecular weight is 277 g/mol. The zero-order chi connectivity index (χ0) is 15.1. The Morgan fingerprint density at radius 1 is 1.15 bits per heavy atom. The van der Waals surface area contributed by atoms with Crippen molar-refractivity contribution in [2.75, 3.05) is 20.2 Å². The van der Waals surface area contributed by atoms with Crippen molar-refractivity contribution >= 4 is 11.9 Å². The summed E-state index contributed by atoms with van der Waals surface area (Å²) in [5.74, 6) is -0.321. The predicted molar refractivity (Wildman–Crippen MR) is 78.7 cm³/mol.